The van der Waals surface area contributed by atoms with Crippen molar-refractivity contribution in [1.29, 1.82) is 0 Å². The Morgan fingerprint density at radius 1 is 1.28 bits per heavy atom. The maximum atomic E-state index is 13.1. The summed E-state index contributed by atoms with van der Waals surface area (Å²) >= 11 is 0. The van der Waals surface area contributed by atoms with E-state index in [1.807, 2.05) is 24.3 Å². The first-order valence-electron chi connectivity index (χ1n) is 9.87. The summed E-state index contributed by atoms with van der Waals surface area (Å²) in [7, 11) is -1.96. The fourth-order valence-corrected chi connectivity index (χ4v) is 5.76. The zero-order chi connectivity index (χ0) is 21.0. The monoisotopic (exact) mass is 427 g/mol. The fraction of sp³-hybridized carbons (Fsp3) is 0.632. The van der Waals surface area contributed by atoms with E-state index in [1.165, 1.54) is 4.31 Å². The van der Waals surface area contributed by atoms with Crippen molar-refractivity contribution in [3.05, 3.63) is 24.3 Å². The Bertz CT molecular complexity index is 810. The second-order valence-electron chi connectivity index (χ2n) is 7.34. The molecule has 2 heterocycles. The van der Waals surface area contributed by atoms with Crippen LogP contribution in [0.4, 0.5) is 0 Å². The average Bonchev–Trinajstić information content (AvgIpc) is 3.03. The summed E-state index contributed by atoms with van der Waals surface area (Å²) in [4.78, 5) is 11.8. The number of piperidine rings is 1. The predicted octanol–water partition coefficient (Wildman–Crippen LogP) is 0.401. The van der Waals surface area contributed by atoms with E-state index in [0.717, 1.165) is 0 Å². The lowest BCUT2D eigenvalue weighted by atomic mass is 10.1. The van der Waals surface area contributed by atoms with Gasteiger partial charge in [0.15, 0.2) is 6.35 Å². The number of amides is 1. The van der Waals surface area contributed by atoms with Crippen LogP contribution in [0.3, 0.4) is 0 Å². The molecule has 10 heteroatoms. The van der Waals surface area contributed by atoms with E-state index in [9.17, 15) is 18.3 Å². The first-order valence-corrected chi connectivity index (χ1v) is 11.4. The van der Waals surface area contributed by atoms with Gasteiger partial charge in [-0.2, -0.15) is 0 Å². The highest BCUT2D eigenvalue weighted by Gasteiger charge is 2.39. The van der Waals surface area contributed by atoms with Crippen LogP contribution in [0.25, 0.3) is 0 Å². The lowest BCUT2D eigenvalue weighted by Crippen LogP contribution is -2.47. The first-order chi connectivity index (χ1) is 13.8. The van der Waals surface area contributed by atoms with Crippen molar-refractivity contribution in [2.45, 2.75) is 56.4 Å². The average molecular weight is 428 g/mol. The quantitative estimate of drug-likeness (QED) is 0.550. The van der Waals surface area contributed by atoms with Gasteiger partial charge in [0, 0.05) is 19.2 Å². The van der Waals surface area contributed by atoms with Crippen LogP contribution in [0, 0.1) is 0 Å². The summed E-state index contributed by atoms with van der Waals surface area (Å²) in [5, 5.41) is 13.8. The Labute approximate surface area is 171 Å². The van der Waals surface area contributed by atoms with Crippen LogP contribution in [0.15, 0.2) is 24.3 Å². The van der Waals surface area contributed by atoms with Crippen molar-refractivity contribution in [1.82, 2.24) is 14.9 Å². The third-order valence-electron chi connectivity index (χ3n) is 5.43. The standard InChI is InChI=1S/C19H29N3O6S/c1-3-16(12-17-18(23)21-19(24)20-17)29(25,26)22-9-7-13(8-10-22)28-15-6-4-5-14(11-15)27-2/h4-6,11,13,16-17,19-20,24H,3,7-10,12H2,1-2H3,(H,21,23)/t16?,17-,19?/m1/s1. The van der Waals surface area contributed by atoms with Crippen molar-refractivity contribution in [2.75, 3.05) is 20.2 Å². The van der Waals surface area contributed by atoms with Gasteiger partial charge in [-0.1, -0.05) is 13.0 Å². The second kappa shape index (κ2) is 9.29. The minimum atomic E-state index is -3.55. The van der Waals surface area contributed by atoms with Gasteiger partial charge in [0.2, 0.25) is 15.9 Å². The van der Waals surface area contributed by atoms with Crippen LogP contribution in [-0.4, -0.2) is 67.7 Å². The zero-order valence-electron chi connectivity index (χ0n) is 16.7. The molecular weight excluding hydrogens is 398 g/mol. The number of nitrogens with one attached hydrogen (secondary N) is 2. The number of aliphatic hydroxyl groups excluding tert-OH is 1. The molecule has 162 valence electrons. The number of nitrogens with zero attached hydrogens (tertiary/aromatic N) is 1. The number of methoxy groups -OCH3 is 1. The van der Waals surface area contributed by atoms with E-state index in [0.29, 0.717) is 43.9 Å². The van der Waals surface area contributed by atoms with Crippen LogP contribution < -0.4 is 20.1 Å². The summed E-state index contributed by atoms with van der Waals surface area (Å²) in [6, 6.07) is 6.64. The minimum Gasteiger partial charge on any atom is -0.497 e. The molecule has 0 aliphatic carbocycles. The van der Waals surface area contributed by atoms with Gasteiger partial charge in [0.05, 0.1) is 18.4 Å². The lowest BCUT2D eigenvalue weighted by molar-refractivity contribution is -0.121. The molecule has 3 rings (SSSR count). The van der Waals surface area contributed by atoms with Crippen molar-refractivity contribution in [3.8, 4) is 11.5 Å². The SMILES string of the molecule is CCC(C[C@H]1NC(O)NC1=O)S(=O)(=O)N1CCC(Oc2cccc(OC)c2)CC1. The van der Waals surface area contributed by atoms with Gasteiger partial charge in [-0.25, -0.2) is 12.7 Å². The molecule has 0 bridgehead atoms. The molecule has 0 aromatic heterocycles. The highest BCUT2D eigenvalue weighted by Crippen LogP contribution is 2.26. The largest absolute Gasteiger partial charge is 0.497 e. The normalized spacial score (nSPS) is 24.9. The van der Waals surface area contributed by atoms with Crippen molar-refractivity contribution in [3.63, 3.8) is 0 Å². The highest BCUT2D eigenvalue weighted by atomic mass is 32.2. The maximum Gasteiger partial charge on any atom is 0.240 e. The molecule has 2 aliphatic rings. The van der Waals surface area contributed by atoms with E-state index >= 15 is 0 Å². The smallest absolute Gasteiger partial charge is 0.240 e. The predicted molar refractivity (Wildman–Crippen MR) is 107 cm³/mol. The Morgan fingerprint density at radius 3 is 2.55 bits per heavy atom. The molecule has 1 aromatic rings. The summed E-state index contributed by atoms with van der Waals surface area (Å²) in [5.74, 6) is 1.04. The third-order valence-corrected chi connectivity index (χ3v) is 7.89. The topological polar surface area (TPSA) is 117 Å². The molecule has 2 aliphatic heterocycles. The molecule has 2 fully saturated rings. The molecule has 1 amide bonds. The molecule has 3 atom stereocenters. The van der Waals surface area contributed by atoms with Crippen LogP contribution in [0.2, 0.25) is 0 Å². The number of rotatable bonds is 8. The fourth-order valence-electron chi connectivity index (χ4n) is 3.76. The number of hydrogen-bond donors (Lipinski definition) is 3. The molecule has 0 spiro atoms. The number of sulfonamides is 1. The van der Waals surface area contributed by atoms with Gasteiger partial charge in [0.25, 0.3) is 0 Å². The van der Waals surface area contributed by atoms with Gasteiger partial charge in [-0.3, -0.25) is 10.1 Å². The van der Waals surface area contributed by atoms with E-state index < -0.39 is 27.7 Å². The van der Waals surface area contributed by atoms with Crippen molar-refractivity contribution < 1.29 is 27.8 Å². The molecule has 1 aromatic carbocycles. The lowest BCUT2D eigenvalue weighted by Gasteiger charge is -2.34. The Morgan fingerprint density at radius 2 is 1.97 bits per heavy atom. The molecule has 2 unspecified atom stereocenters. The van der Waals surface area contributed by atoms with Crippen LogP contribution in [0.1, 0.15) is 32.6 Å². The van der Waals surface area contributed by atoms with E-state index in [1.54, 1.807) is 14.0 Å². The van der Waals surface area contributed by atoms with Gasteiger partial charge in [-0.15, -0.1) is 0 Å². The first kappa shape index (κ1) is 21.8. The zero-order valence-corrected chi connectivity index (χ0v) is 17.5. The summed E-state index contributed by atoms with van der Waals surface area (Å²) in [6.45, 7) is 2.55. The highest BCUT2D eigenvalue weighted by molar-refractivity contribution is 7.89. The third kappa shape index (κ3) is 5.19. The number of carbonyl (C=O) groups is 1. The van der Waals surface area contributed by atoms with Gasteiger partial charge in [0.1, 0.15) is 17.6 Å². The Kier molecular flexibility index (Phi) is 6.99. The van der Waals surface area contributed by atoms with Gasteiger partial charge < -0.3 is 19.9 Å². The summed E-state index contributed by atoms with van der Waals surface area (Å²) in [6.07, 6.45) is 0.511. The molecule has 29 heavy (non-hydrogen) atoms. The van der Waals surface area contributed by atoms with Crippen LogP contribution >= 0.6 is 0 Å². The number of hydrogen-bond acceptors (Lipinski definition) is 7. The minimum absolute atomic E-state index is 0.0638. The Hall–Kier alpha value is -1.88. The molecule has 2 saturated heterocycles. The maximum absolute atomic E-state index is 13.1. The molecular formula is C19H29N3O6S. The number of carbonyl (C=O) groups excluding carboxylic acids is 1. The van der Waals surface area contributed by atoms with E-state index in [2.05, 4.69) is 10.6 Å². The van der Waals surface area contributed by atoms with Crippen molar-refractivity contribution in [2.24, 2.45) is 0 Å². The van der Waals surface area contributed by atoms with Crippen molar-refractivity contribution >= 4 is 15.9 Å². The summed E-state index contributed by atoms with van der Waals surface area (Å²) < 4.78 is 38.9. The van der Waals surface area contributed by atoms with Gasteiger partial charge >= 0.3 is 0 Å². The molecule has 0 radical (unpaired) electrons. The Balaban J connectivity index is 1.57. The number of aliphatic hydroxyl groups is 1. The van der Waals surface area contributed by atoms with Gasteiger partial charge in [-0.05, 0) is 37.8 Å². The summed E-state index contributed by atoms with van der Waals surface area (Å²) in [5.41, 5.74) is 0. The van der Waals surface area contributed by atoms with E-state index in [-0.39, 0.29) is 18.4 Å². The molecule has 0 saturated carbocycles. The number of ether oxygens (including phenoxy) is 2. The molecule has 3 N–H and O–H groups in total. The molecule has 9 nitrogen and oxygen atoms in total. The van der Waals surface area contributed by atoms with Crippen LogP contribution in [0.5, 0.6) is 11.5 Å². The van der Waals surface area contributed by atoms with Crippen LogP contribution in [-0.2, 0) is 14.8 Å². The van der Waals surface area contributed by atoms with E-state index in [4.69, 9.17) is 9.47 Å². The number of benzene rings is 1. The second-order valence-corrected chi connectivity index (χ2v) is 9.55.